The SMILES string of the molecule is CCN(CC(=O)Nc1ccc(NC(C)=O)cc1)Cc1cc(=O)oc2cc(C)ccc12. The van der Waals surface area contributed by atoms with E-state index in [0.29, 0.717) is 30.0 Å². The highest BCUT2D eigenvalue weighted by atomic mass is 16.4. The monoisotopic (exact) mass is 407 g/mol. The molecule has 0 saturated carbocycles. The molecule has 0 saturated heterocycles. The van der Waals surface area contributed by atoms with E-state index in [2.05, 4.69) is 10.6 Å². The van der Waals surface area contributed by atoms with Gasteiger partial charge < -0.3 is 15.1 Å². The summed E-state index contributed by atoms with van der Waals surface area (Å²) in [5.74, 6) is -0.310. The van der Waals surface area contributed by atoms with Crippen molar-refractivity contribution in [3.63, 3.8) is 0 Å². The number of nitrogens with zero attached hydrogens (tertiary/aromatic N) is 1. The van der Waals surface area contributed by atoms with Gasteiger partial charge in [-0.2, -0.15) is 0 Å². The van der Waals surface area contributed by atoms with Gasteiger partial charge in [-0.05, 0) is 54.9 Å². The largest absolute Gasteiger partial charge is 0.423 e. The predicted octanol–water partition coefficient (Wildman–Crippen LogP) is 3.52. The van der Waals surface area contributed by atoms with Crippen LogP contribution in [-0.4, -0.2) is 29.8 Å². The fraction of sp³-hybridized carbons (Fsp3) is 0.261. The zero-order valence-electron chi connectivity index (χ0n) is 17.3. The molecule has 0 atom stereocenters. The Labute approximate surface area is 174 Å². The molecule has 0 fully saturated rings. The maximum atomic E-state index is 12.5. The van der Waals surface area contributed by atoms with Crippen LogP contribution >= 0.6 is 0 Å². The van der Waals surface area contributed by atoms with Crippen LogP contribution in [0.15, 0.2) is 57.7 Å². The lowest BCUT2D eigenvalue weighted by atomic mass is 10.1. The minimum atomic E-state index is -0.400. The van der Waals surface area contributed by atoms with Crippen molar-refractivity contribution in [1.29, 1.82) is 0 Å². The summed E-state index contributed by atoms with van der Waals surface area (Å²) in [6.45, 7) is 6.62. The second-order valence-electron chi connectivity index (χ2n) is 7.20. The molecule has 0 radical (unpaired) electrons. The standard InChI is InChI=1S/C23H25N3O4/c1-4-26(13-17-12-23(29)30-21-11-15(2)5-10-20(17)21)14-22(28)25-19-8-6-18(7-9-19)24-16(3)27/h5-12H,4,13-14H2,1-3H3,(H,24,27)(H,25,28). The van der Waals surface area contributed by atoms with E-state index in [9.17, 15) is 14.4 Å². The van der Waals surface area contributed by atoms with Crippen LogP contribution in [0.3, 0.4) is 0 Å². The average molecular weight is 407 g/mol. The Morgan fingerprint density at radius 1 is 1.00 bits per heavy atom. The van der Waals surface area contributed by atoms with Gasteiger partial charge in [-0.1, -0.05) is 19.1 Å². The van der Waals surface area contributed by atoms with Crippen molar-refractivity contribution in [3.8, 4) is 0 Å². The van der Waals surface area contributed by atoms with Gasteiger partial charge >= 0.3 is 5.63 Å². The Morgan fingerprint density at radius 2 is 1.67 bits per heavy atom. The number of carbonyl (C=O) groups is 2. The number of nitrogens with one attached hydrogen (secondary N) is 2. The number of aryl methyl sites for hydroxylation is 1. The minimum absolute atomic E-state index is 0.150. The Kier molecular flexibility index (Phi) is 6.64. The summed E-state index contributed by atoms with van der Waals surface area (Å²) in [4.78, 5) is 37.5. The van der Waals surface area contributed by atoms with Crippen molar-refractivity contribution in [2.75, 3.05) is 23.7 Å². The van der Waals surface area contributed by atoms with E-state index in [-0.39, 0.29) is 18.4 Å². The molecule has 7 nitrogen and oxygen atoms in total. The summed E-state index contributed by atoms with van der Waals surface area (Å²) in [6.07, 6.45) is 0. The lowest BCUT2D eigenvalue weighted by Gasteiger charge is -2.20. The number of hydrogen-bond acceptors (Lipinski definition) is 5. The minimum Gasteiger partial charge on any atom is -0.423 e. The van der Waals surface area contributed by atoms with Crippen LogP contribution in [-0.2, 0) is 16.1 Å². The van der Waals surface area contributed by atoms with Crippen molar-refractivity contribution < 1.29 is 14.0 Å². The fourth-order valence-corrected chi connectivity index (χ4v) is 3.23. The van der Waals surface area contributed by atoms with Crippen molar-refractivity contribution in [2.24, 2.45) is 0 Å². The molecule has 156 valence electrons. The highest BCUT2D eigenvalue weighted by molar-refractivity contribution is 5.93. The summed E-state index contributed by atoms with van der Waals surface area (Å²) in [7, 11) is 0. The van der Waals surface area contributed by atoms with Crippen molar-refractivity contribution in [1.82, 2.24) is 4.90 Å². The smallest absolute Gasteiger partial charge is 0.336 e. The summed E-state index contributed by atoms with van der Waals surface area (Å²) >= 11 is 0. The highest BCUT2D eigenvalue weighted by Gasteiger charge is 2.13. The molecular weight excluding hydrogens is 382 g/mol. The van der Waals surface area contributed by atoms with Gasteiger partial charge in [-0.25, -0.2) is 4.79 Å². The Hall–Kier alpha value is -3.45. The molecule has 0 spiro atoms. The predicted molar refractivity (Wildman–Crippen MR) is 118 cm³/mol. The molecular formula is C23H25N3O4. The third-order valence-corrected chi connectivity index (χ3v) is 4.68. The summed E-state index contributed by atoms with van der Waals surface area (Å²) in [5, 5.41) is 6.41. The van der Waals surface area contributed by atoms with Crippen LogP contribution in [0.2, 0.25) is 0 Å². The van der Waals surface area contributed by atoms with Gasteiger partial charge in [0.25, 0.3) is 0 Å². The second kappa shape index (κ2) is 9.37. The molecule has 0 unspecified atom stereocenters. The van der Waals surface area contributed by atoms with Crippen LogP contribution in [0, 0.1) is 6.92 Å². The van der Waals surface area contributed by atoms with Crippen LogP contribution < -0.4 is 16.3 Å². The third kappa shape index (κ3) is 5.55. The number of benzene rings is 2. The second-order valence-corrected chi connectivity index (χ2v) is 7.20. The van der Waals surface area contributed by atoms with Gasteiger partial charge in [-0.3, -0.25) is 14.5 Å². The molecule has 3 aromatic rings. The number of anilines is 2. The van der Waals surface area contributed by atoms with Gasteiger partial charge in [0.1, 0.15) is 5.58 Å². The molecule has 2 N–H and O–H groups in total. The van der Waals surface area contributed by atoms with Gasteiger partial charge in [0.15, 0.2) is 0 Å². The molecule has 2 amide bonds. The van der Waals surface area contributed by atoms with Crippen molar-refractivity contribution in [2.45, 2.75) is 27.3 Å². The molecule has 0 bridgehead atoms. The van der Waals surface area contributed by atoms with Crippen LogP contribution in [0.4, 0.5) is 11.4 Å². The number of carbonyl (C=O) groups excluding carboxylic acids is 2. The average Bonchev–Trinajstić information content (AvgIpc) is 2.68. The summed E-state index contributed by atoms with van der Waals surface area (Å²) < 4.78 is 5.31. The molecule has 7 heteroatoms. The number of fused-ring (bicyclic) bond motifs is 1. The Balaban J connectivity index is 1.68. The number of hydrogen-bond donors (Lipinski definition) is 2. The zero-order chi connectivity index (χ0) is 21.7. The van der Waals surface area contributed by atoms with E-state index in [1.165, 1.54) is 13.0 Å². The van der Waals surface area contributed by atoms with Crippen LogP contribution in [0.5, 0.6) is 0 Å². The first-order valence-corrected chi connectivity index (χ1v) is 9.77. The Bertz CT molecular complexity index is 1120. The molecule has 0 aliphatic carbocycles. The lowest BCUT2D eigenvalue weighted by Crippen LogP contribution is -2.33. The third-order valence-electron chi connectivity index (χ3n) is 4.68. The fourth-order valence-electron chi connectivity index (χ4n) is 3.23. The first-order valence-electron chi connectivity index (χ1n) is 9.77. The summed E-state index contributed by atoms with van der Waals surface area (Å²) in [6, 6.07) is 14.2. The molecule has 2 aromatic carbocycles. The first-order chi connectivity index (χ1) is 14.3. The van der Waals surface area contributed by atoms with Gasteiger partial charge in [-0.15, -0.1) is 0 Å². The maximum absolute atomic E-state index is 12.5. The normalized spacial score (nSPS) is 10.9. The molecule has 3 rings (SSSR count). The van der Waals surface area contributed by atoms with Crippen LogP contribution in [0.1, 0.15) is 25.0 Å². The summed E-state index contributed by atoms with van der Waals surface area (Å²) in [5.41, 5.74) is 3.31. The van der Waals surface area contributed by atoms with E-state index in [4.69, 9.17) is 4.42 Å². The Morgan fingerprint density at radius 3 is 2.30 bits per heavy atom. The van der Waals surface area contributed by atoms with E-state index in [1.54, 1.807) is 24.3 Å². The first kappa shape index (κ1) is 21.3. The highest BCUT2D eigenvalue weighted by Crippen LogP contribution is 2.20. The molecule has 0 aliphatic rings. The number of rotatable bonds is 7. The maximum Gasteiger partial charge on any atom is 0.336 e. The van der Waals surface area contributed by atoms with E-state index in [0.717, 1.165) is 16.5 Å². The number of likely N-dealkylation sites (N-methyl/N-ethyl adjacent to an activating group) is 1. The number of amides is 2. The molecule has 30 heavy (non-hydrogen) atoms. The van der Waals surface area contributed by atoms with Crippen LogP contribution in [0.25, 0.3) is 11.0 Å². The van der Waals surface area contributed by atoms with Crippen molar-refractivity contribution >= 4 is 34.2 Å². The van der Waals surface area contributed by atoms with Gasteiger partial charge in [0.05, 0.1) is 6.54 Å². The van der Waals surface area contributed by atoms with E-state index in [1.807, 2.05) is 36.9 Å². The molecule has 0 aliphatic heterocycles. The molecule has 1 aromatic heterocycles. The van der Waals surface area contributed by atoms with Gasteiger partial charge in [0, 0.05) is 36.3 Å². The van der Waals surface area contributed by atoms with Gasteiger partial charge in [0.2, 0.25) is 11.8 Å². The quantitative estimate of drug-likeness (QED) is 0.585. The van der Waals surface area contributed by atoms with E-state index >= 15 is 0 Å². The molecule has 1 heterocycles. The topological polar surface area (TPSA) is 91.7 Å². The lowest BCUT2D eigenvalue weighted by molar-refractivity contribution is -0.117. The van der Waals surface area contributed by atoms with Crippen molar-refractivity contribution in [3.05, 3.63) is 70.1 Å². The zero-order valence-corrected chi connectivity index (χ0v) is 17.3. The van der Waals surface area contributed by atoms with E-state index < -0.39 is 5.63 Å².